The van der Waals surface area contributed by atoms with Gasteiger partial charge in [0.2, 0.25) is 5.95 Å². The highest BCUT2D eigenvalue weighted by Gasteiger charge is 2.31. The van der Waals surface area contributed by atoms with E-state index >= 15 is 0 Å². The number of imidazole rings is 1. The molecule has 12 nitrogen and oxygen atoms in total. The number of H-pyrrole nitrogens is 1. The van der Waals surface area contributed by atoms with Crippen LogP contribution in [0.3, 0.4) is 0 Å². The topological polar surface area (TPSA) is 134 Å². The molecule has 2 fully saturated rings. The van der Waals surface area contributed by atoms with Crippen LogP contribution in [0.2, 0.25) is 0 Å². The van der Waals surface area contributed by atoms with Crippen molar-refractivity contribution in [2.75, 3.05) is 43.0 Å². The Bertz CT molecular complexity index is 1110. The molecule has 0 aromatic carbocycles. The van der Waals surface area contributed by atoms with Crippen molar-refractivity contribution in [3.63, 3.8) is 0 Å². The third kappa shape index (κ3) is 4.71. The number of carbonyl (C=O) groups is 1. The number of ether oxygens (including phenoxy) is 2. The number of anilines is 3. The maximum Gasteiger partial charge on any atom is 0.407 e. The first-order valence-electron chi connectivity index (χ1n) is 11.3. The minimum Gasteiger partial charge on any atom is -0.444 e. The van der Waals surface area contributed by atoms with E-state index in [9.17, 15) is 4.79 Å². The molecule has 176 valence electrons. The van der Waals surface area contributed by atoms with Gasteiger partial charge < -0.3 is 30.3 Å². The summed E-state index contributed by atoms with van der Waals surface area (Å²) in [5.74, 6) is 1.24. The smallest absolute Gasteiger partial charge is 0.407 e. The van der Waals surface area contributed by atoms with Crippen LogP contribution in [0.1, 0.15) is 32.1 Å². The number of rotatable bonds is 6. The first-order chi connectivity index (χ1) is 16.1. The second-order valence-electron chi connectivity index (χ2n) is 8.54. The summed E-state index contributed by atoms with van der Waals surface area (Å²) in [6, 6.07) is 1.91. The molecular weight excluding hydrogens is 426 g/mol. The Balaban J connectivity index is 1.25. The number of aromatic amines is 1. The van der Waals surface area contributed by atoms with E-state index < -0.39 is 6.09 Å². The fourth-order valence-electron chi connectivity index (χ4n) is 4.13. The molecule has 2 unspecified atom stereocenters. The lowest BCUT2D eigenvalue weighted by atomic mass is 10.1. The Morgan fingerprint density at radius 2 is 2.15 bits per heavy atom. The third-order valence-electron chi connectivity index (χ3n) is 5.69. The molecule has 2 aliphatic rings. The SMILES string of the molecule is CC(C)NC(=O)OC1COC(c2cc(Nc3ncc(N4CCNCC4)c4nccn34)n[nH]2)C1. The molecule has 2 aliphatic heterocycles. The fourth-order valence-corrected chi connectivity index (χ4v) is 4.13. The number of amides is 1. The molecule has 2 atom stereocenters. The lowest BCUT2D eigenvalue weighted by molar-refractivity contribution is 0.0682. The van der Waals surface area contributed by atoms with Crippen LogP contribution in [0.4, 0.5) is 22.2 Å². The third-order valence-corrected chi connectivity index (χ3v) is 5.69. The van der Waals surface area contributed by atoms with E-state index in [1.54, 1.807) is 6.20 Å². The molecule has 3 aromatic heterocycles. The van der Waals surface area contributed by atoms with E-state index in [1.807, 2.05) is 36.7 Å². The minimum atomic E-state index is -0.425. The van der Waals surface area contributed by atoms with E-state index in [4.69, 9.17) is 9.47 Å². The van der Waals surface area contributed by atoms with Gasteiger partial charge in [0.25, 0.3) is 0 Å². The minimum absolute atomic E-state index is 0.0263. The quantitative estimate of drug-likeness (QED) is 0.437. The average molecular weight is 456 g/mol. The highest BCUT2D eigenvalue weighted by atomic mass is 16.6. The van der Waals surface area contributed by atoms with Crippen LogP contribution in [0.15, 0.2) is 24.7 Å². The summed E-state index contributed by atoms with van der Waals surface area (Å²) >= 11 is 0. The summed E-state index contributed by atoms with van der Waals surface area (Å²) in [5.41, 5.74) is 2.68. The average Bonchev–Trinajstić information content (AvgIpc) is 3.55. The number of piperazine rings is 1. The van der Waals surface area contributed by atoms with Gasteiger partial charge in [-0.25, -0.2) is 14.8 Å². The molecule has 3 aromatic rings. The van der Waals surface area contributed by atoms with Gasteiger partial charge in [0, 0.05) is 57.1 Å². The number of fused-ring (bicyclic) bond motifs is 1. The Labute approximate surface area is 191 Å². The van der Waals surface area contributed by atoms with E-state index in [0.717, 1.165) is 43.2 Å². The molecule has 0 radical (unpaired) electrons. The zero-order valence-corrected chi connectivity index (χ0v) is 18.7. The van der Waals surface area contributed by atoms with Crippen LogP contribution >= 0.6 is 0 Å². The predicted octanol–water partition coefficient (Wildman–Crippen LogP) is 1.57. The van der Waals surface area contributed by atoms with Gasteiger partial charge in [0.05, 0.1) is 24.2 Å². The molecule has 0 aliphatic carbocycles. The molecule has 5 rings (SSSR count). The normalized spacial score (nSPS) is 21.0. The monoisotopic (exact) mass is 455 g/mol. The van der Waals surface area contributed by atoms with Crippen LogP contribution < -0.4 is 20.9 Å². The van der Waals surface area contributed by atoms with E-state index in [2.05, 4.69) is 41.0 Å². The van der Waals surface area contributed by atoms with Crippen LogP contribution in [-0.4, -0.2) is 75.6 Å². The Morgan fingerprint density at radius 3 is 2.97 bits per heavy atom. The highest BCUT2D eigenvalue weighted by molar-refractivity contribution is 5.71. The maximum absolute atomic E-state index is 11.8. The summed E-state index contributed by atoms with van der Waals surface area (Å²) in [4.78, 5) is 23.3. The number of nitrogens with zero attached hydrogens (tertiary/aromatic N) is 5. The number of carbonyl (C=O) groups excluding carboxylic acids is 1. The molecule has 5 heterocycles. The first-order valence-corrected chi connectivity index (χ1v) is 11.3. The van der Waals surface area contributed by atoms with Crippen LogP contribution in [0.25, 0.3) is 5.65 Å². The van der Waals surface area contributed by atoms with Gasteiger partial charge in [-0.15, -0.1) is 0 Å². The van der Waals surface area contributed by atoms with E-state index in [0.29, 0.717) is 24.8 Å². The van der Waals surface area contributed by atoms with Crippen LogP contribution in [0.5, 0.6) is 0 Å². The number of alkyl carbamates (subject to hydrolysis) is 1. The molecule has 2 saturated heterocycles. The number of nitrogens with one attached hydrogen (secondary N) is 4. The summed E-state index contributed by atoms with van der Waals surface area (Å²) in [6.07, 6.45) is 5.13. The lowest BCUT2D eigenvalue weighted by Gasteiger charge is -2.29. The number of hydrogen-bond donors (Lipinski definition) is 4. The molecule has 0 bridgehead atoms. The molecule has 0 spiro atoms. The van der Waals surface area contributed by atoms with Crippen molar-refractivity contribution >= 4 is 29.2 Å². The summed E-state index contributed by atoms with van der Waals surface area (Å²) in [7, 11) is 0. The zero-order chi connectivity index (χ0) is 22.8. The van der Waals surface area contributed by atoms with Crippen molar-refractivity contribution in [2.24, 2.45) is 0 Å². The number of hydrogen-bond acceptors (Lipinski definition) is 9. The Hall–Kier alpha value is -3.38. The molecule has 33 heavy (non-hydrogen) atoms. The van der Waals surface area contributed by atoms with Gasteiger partial charge in [0.15, 0.2) is 11.5 Å². The van der Waals surface area contributed by atoms with E-state index in [1.165, 1.54) is 0 Å². The van der Waals surface area contributed by atoms with Crippen molar-refractivity contribution in [1.29, 1.82) is 0 Å². The molecule has 0 saturated carbocycles. The van der Waals surface area contributed by atoms with Crippen LogP contribution in [-0.2, 0) is 9.47 Å². The predicted molar refractivity (Wildman–Crippen MR) is 122 cm³/mol. The van der Waals surface area contributed by atoms with Crippen LogP contribution in [0, 0.1) is 0 Å². The van der Waals surface area contributed by atoms with Gasteiger partial charge in [-0.2, -0.15) is 5.10 Å². The first kappa shape index (κ1) is 21.5. The van der Waals surface area contributed by atoms with Crippen molar-refractivity contribution in [2.45, 2.75) is 38.5 Å². The molecule has 12 heteroatoms. The lowest BCUT2D eigenvalue weighted by Crippen LogP contribution is -2.43. The van der Waals surface area contributed by atoms with Crippen molar-refractivity contribution in [3.05, 3.63) is 30.4 Å². The van der Waals surface area contributed by atoms with Crippen molar-refractivity contribution < 1.29 is 14.3 Å². The van der Waals surface area contributed by atoms with E-state index in [-0.39, 0.29) is 18.2 Å². The van der Waals surface area contributed by atoms with Gasteiger partial charge in [-0.3, -0.25) is 9.50 Å². The van der Waals surface area contributed by atoms with Gasteiger partial charge in [-0.1, -0.05) is 0 Å². The molecular formula is C21H29N9O3. The summed E-state index contributed by atoms with van der Waals surface area (Å²) in [5, 5.41) is 16.7. The highest BCUT2D eigenvalue weighted by Crippen LogP contribution is 2.31. The Morgan fingerprint density at radius 1 is 1.30 bits per heavy atom. The maximum atomic E-state index is 11.8. The fraction of sp³-hybridized carbons (Fsp3) is 0.524. The zero-order valence-electron chi connectivity index (χ0n) is 18.7. The summed E-state index contributed by atoms with van der Waals surface area (Å²) in [6.45, 7) is 7.86. The van der Waals surface area contributed by atoms with Gasteiger partial charge >= 0.3 is 6.09 Å². The van der Waals surface area contributed by atoms with Gasteiger partial charge in [-0.05, 0) is 13.8 Å². The molecule has 1 amide bonds. The molecule has 4 N–H and O–H groups in total. The van der Waals surface area contributed by atoms with Gasteiger partial charge in [0.1, 0.15) is 12.2 Å². The van der Waals surface area contributed by atoms with Crippen molar-refractivity contribution in [1.82, 2.24) is 35.2 Å². The standard InChI is InChI=1S/C21H29N9O3/c1-13(2)25-21(31)33-14-9-17(32-12-14)15-10-18(28-27-15)26-20-24-11-16(19-23-5-8-30(19)20)29-6-3-22-4-7-29/h5,8,10-11,13-14,17,22H,3-4,6-7,9,12H2,1-2H3,(H,25,31)(H2,24,26,27,28). The second-order valence-corrected chi connectivity index (χ2v) is 8.54. The second kappa shape index (κ2) is 9.24. The largest absolute Gasteiger partial charge is 0.444 e. The number of aromatic nitrogens is 5. The summed E-state index contributed by atoms with van der Waals surface area (Å²) < 4.78 is 13.2. The van der Waals surface area contributed by atoms with Crippen molar-refractivity contribution in [3.8, 4) is 0 Å². The Kier molecular flexibility index (Phi) is 6.01.